The number of esters is 1. The van der Waals surface area contributed by atoms with Crippen LogP contribution in [-0.4, -0.2) is 13.1 Å². The minimum Gasteiger partial charge on any atom is -0.469 e. The summed E-state index contributed by atoms with van der Waals surface area (Å²) >= 11 is 5.79. The number of nitrogens with two attached hydrogens (primary N) is 1. The first-order valence-corrected chi connectivity index (χ1v) is 5.56. The third kappa shape index (κ3) is 2.97. The van der Waals surface area contributed by atoms with Gasteiger partial charge in [-0.3, -0.25) is 4.79 Å². The molecule has 3 nitrogen and oxygen atoms in total. The summed E-state index contributed by atoms with van der Waals surface area (Å²) in [4.78, 5) is 11.5. The van der Waals surface area contributed by atoms with Crippen molar-refractivity contribution in [1.82, 2.24) is 0 Å². The second kappa shape index (κ2) is 5.87. The first-order valence-electron chi connectivity index (χ1n) is 5.19. The predicted molar refractivity (Wildman–Crippen MR) is 64.2 cm³/mol. The van der Waals surface area contributed by atoms with Crippen LogP contribution < -0.4 is 5.73 Å². The summed E-state index contributed by atoms with van der Waals surface area (Å²) in [5.41, 5.74) is 6.92. The summed E-state index contributed by atoms with van der Waals surface area (Å²) < 4.78 is 4.72. The van der Waals surface area contributed by atoms with Gasteiger partial charge in [-0.25, -0.2) is 0 Å². The van der Waals surface area contributed by atoms with Gasteiger partial charge >= 0.3 is 5.97 Å². The molecular weight excluding hydrogens is 226 g/mol. The summed E-state index contributed by atoms with van der Waals surface area (Å²) in [5, 5.41) is 0.655. The minimum absolute atomic E-state index is 0.273. The van der Waals surface area contributed by atoms with Gasteiger partial charge in [-0.15, -0.1) is 0 Å². The highest BCUT2D eigenvalue weighted by molar-refractivity contribution is 6.30. The fraction of sp³-hybridized carbons (Fsp3) is 0.417. The normalized spacial score (nSPS) is 14.2. The Morgan fingerprint density at radius 3 is 2.44 bits per heavy atom. The standard InChI is InChI=1S/C12H16ClNO2/c1-3-10(12(15)16-2)11(14)8-4-6-9(13)7-5-8/h4-7,10-11H,3,14H2,1-2H3. The maximum Gasteiger partial charge on any atom is 0.310 e. The molecule has 1 aromatic carbocycles. The average Bonchev–Trinajstić information content (AvgIpc) is 2.30. The van der Waals surface area contributed by atoms with Crippen molar-refractivity contribution in [3.8, 4) is 0 Å². The molecule has 0 amide bonds. The molecule has 1 rings (SSSR count). The molecule has 2 atom stereocenters. The number of ether oxygens (including phenoxy) is 1. The first kappa shape index (κ1) is 13.0. The third-order valence-electron chi connectivity index (χ3n) is 2.63. The summed E-state index contributed by atoms with van der Waals surface area (Å²) in [6.45, 7) is 1.91. The Bertz CT molecular complexity index is 351. The lowest BCUT2D eigenvalue weighted by Crippen LogP contribution is -2.28. The van der Waals surface area contributed by atoms with Gasteiger partial charge in [0.25, 0.3) is 0 Å². The van der Waals surface area contributed by atoms with Crippen LogP contribution in [0.1, 0.15) is 24.9 Å². The Balaban J connectivity index is 2.86. The molecule has 0 fully saturated rings. The molecule has 2 unspecified atom stereocenters. The zero-order chi connectivity index (χ0) is 12.1. The van der Waals surface area contributed by atoms with E-state index in [2.05, 4.69) is 0 Å². The van der Waals surface area contributed by atoms with Crippen LogP contribution in [0.4, 0.5) is 0 Å². The zero-order valence-electron chi connectivity index (χ0n) is 9.44. The topological polar surface area (TPSA) is 52.3 Å². The van der Waals surface area contributed by atoms with Crippen molar-refractivity contribution in [1.29, 1.82) is 0 Å². The first-order chi connectivity index (χ1) is 7.60. The van der Waals surface area contributed by atoms with Gasteiger partial charge in [-0.2, -0.15) is 0 Å². The lowest BCUT2D eigenvalue weighted by molar-refractivity contribution is -0.146. The van der Waals surface area contributed by atoms with Crippen molar-refractivity contribution in [2.24, 2.45) is 11.7 Å². The van der Waals surface area contributed by atoms with Crippen molar-refractivity contribution in [3.05, 3.63) is 34.9 Å². The van der Waals surface area contributed by atoms with Crippen LogP contribution in [-0.2, 0) is 9.53 Å². The van der Waals surface area contributed by atoms with Crippen LogP contribution >= 0.6 is 11.6 Å². The Morgan fingerprint density at radius 1 is 1.44 bits per heavy atom. The van der Waals surface area contributed by atoms with Crippen LogP contribution in [0.15, 0.2) is 24.3 Å². The van der Waals surface area contributed by atoms with Crippen molar-refractivity contribution in [2.75, 3.05) is 7.11 Å². The van der Waals surface area contributed by atoms with Crippen molar-refractivity contribution in [2.45, 2.75) is 19.4 Å². The van der Waals surface area contributed by atoms with Gasteiger partial charge in [0.1, 0.15) is 0 Å². The van der Waals surface area contributed by atoms with Gasteiger partial charge in [0, 0.05) is 11.1 Å². The molecule has 1 aromatic rings. The Kier molecular flexibility index (Phi) is 4.77. The van der Waals surface area contributed by atoms with E-state index in [-0.39, 0.29) is 17.9 Å². The van der Waals surface area contributed by atoms with E-state index in [0.717, 1.165) is 5.56 Å². The van der Waals surface area contributed by atoms with Crippen molar-refractivity contribution >= 4 is 17.6 Å². The summed E-state index contributed by atoms with van der Waals surface area (Å²) in [6.07, 6.45) is 0.649. The van der Waals surface area contributed by atoms with Crippen LogP contribution in [0.2, 0.25) is 5.02 Å². The van der Waals surface area contributed by atoms with Gasteiger partial charge in [0.05, 0.1) is 13.0 Å². The number of carbonyl (C=O) groups excluding carboxylic acids is 1. The third-order valence-corrected chi connectivity index (χ3v) is 2.88. The zero-order valence-corrected chi connectivity index (χ0v) is 10.2. The minimum atomic E-state index is -0.352. The molecule has 0 spiro atoms. The SMILES string of the molecule is CCC(C(=O)OC)C(N)c1ccc(Cl)cc1. The van der Waals surface area contributed by atoms with Gasteiger partial charge < -0.3 is 10.5 Å². The van der Waals surface area contributed by atoms with Crippen LogP contribution in [0.3, 0.4) is 0 Å². The Hall–Kier alpha value is -1.06. The van der Waals surface area contributed by atoms with E-state index < -0.39 is 0 Å². The van der Waals surface area contributed by atoms with E-state index in [1.165, 1.54) is 7.11 Å². The summed E-state index contributed by atoms with van der Waals surface area (Å²) in [5.74, 6) is -0.587. The molecule has 0 aliphatic rings. The number of halogens is 1. The molecule has 2 N–H and O–H groups in total. The van der Waals surface area contributed by atoms with E-state index in [9.17, 15) is 4.79 Å². The number of carbonyl (C=O) groups is 1. The van der Waals surface area contributed by atoms with Gasteiger partial charge in [0.15, 0.2) is 0 Å². The van der Waals surface area contributed by atoms with Gasteiger partial charge in [-0.05, 0) is 24.1 Å². The maximum atomic E-state index is 11.5. The van der Waals surface area contributed by atoms with Crippen LogP contribution in [0, 0.1) is 5.92 Å². The molecule has 16 heavy (non-hydrogen) atoms. The Labute approximate surface area is 101 Å². The molecule has 0 heterocycles. The van der Waals surface area contributed by atoms with Gasteiger partial charge in [0.2, 0.25) is 0 Å². The number of methoxy groups -OCH3 is 1. The maximum absolute atomic E-state index is 11.5. The second-order valence-corrected chi connectivity index (χ2v) is 4.05. The highest BCUT2D eigenvalue weighted by Gasteiger charge is 2.25. The van der Waals surface area contributed by atoms with Crippen molar-refractivity contribution < 1.29 is 9.53 Å². The average molecular weight is 242 g/mol. The lowest BCUT2D eigenvalue weighted by Gasteiger charge is -2.20. The Morgan fingerprint density at radius 2 is 2.00 bits per heavy atom. The number of hydrogen-bond donors (Lipinski definition) is 1. The van der Waals surface area contributed by atoms with E-state index >= 15 is 0 Å². The van der Waals surface area contributed by atoms with Gasteiger partial charge in [-0.1, -0.05) is 30.7 Å². The molecule has 88 valence electrons. The molecule has 0 saturated carbocycles. The molecule has 0 bridgehead atoms. The fourth-order valence-electron chi connectivity index (χ4n) is 1.64. The molecule has 0 aromatic heterocycles. The van der Waals surface area contributed by atoms with Crippen LogP contribution in [0.5, 0.6) is 0 Å². The highest BCUT2D eigenvalue weighted by atomic mass is 35.5. The largest absolute Gasteiger partial charge is 0.469 e. The lowest BCUT2D eigenvalue weighted by atomic mass is 9.92. The molecular formula is C12H16ClNO2. The van der Waals surface area contributed by atoms with E-state index in [1.807, 2.05) is 19.1 Å². The highest BCUT2D eigenvalue weighted by Crippen LogP contribution is 2.24. The molecule has 0 saturated heterocycles. The second-order valence-electron chi connectivity index (χ2n) is 3.62. The van der Waals surface area contributed by atoms with E-state index in [4.69, 9.17) is 22.1 Å². The molecule has 0 aliphatic carbocycles. The van der Waals surface area contributed by atoms with E-state index in [0.29, 0.717) is 11.4 Å². The smallest absolute Gasteiger partial charge is 0.310 e. The van der Waals surface area contributed by atoms with Crippen molar-refractivity contribution in [3.63, 3.8) is 0 Å². The van der Waals surface area contributed by atoms with Crippen LogP contribution in [0.25, 0.3) is 0 Å². The number of rotatable bonds is 4. The molecule has 0 aliphatic heterocycles. The molecule has 4 heteroatoms. The summed E-state index contributed by atoms with van der Waals surface area (Å²) in [7, 11) is 1.37. The number of hydrogen-bond acceptors (Lipinski definition) is 3. The van der Waals surface area contributed by atoms with E-state index in [1.54, 1.807) is 12.1 Å². The summed E-state index contributed by atoms with van der Waals surface area (Å²) in [6, 6.07) is 6.84. The number of benzene rings is 1. The monoisotopic (exact) mass is 241 g/mol. The quantitative estimate of drug-likeness (QED) is 0.825. The predicted octanol–water partition coefficient (Wildman–Crippen LogP) is 2.54. The fourth-order valence-corrected chi connectivity index (χ4v) is 1.76. The molecule has 0 radical (unpaired) electrons.